The quantitative estimate of drug-likeness (QED) is 0.673. The number of likely N-dealkylation sites (N-methyl/N-ethyl adjacent to an activating group) is 1. The molecule has 0 bridgehead atoms. The van der Waals surface area contributed by atoms with Gasteiger partial charge in [-0.3, -0.25) is 4.98 Å². The predicted molar refractivity (Wildman–Crippen MR) is 55.0 cm³/mol. The minimum atomic E-state index is -0.0461. The van der Waals surface area contributed by atoms with Gasteiger partial charge in [0.05, 0.1) is 23.7 Å². The van der Waals surface area contributed by atoms with Crippen LogP contribution in [0.1, 0.15) is 11.6 Å². The van der Waals surface area contributed by atoms with E-state index < -0.39 is 0 Å². The van der Waals surface area contributed by atoms with Gasteiger partial charge in [-0.05, 0) is 24.7 Å². The van der Waals surface area contributed by atoms with E-state index >= 15 is 0 Å². The molecule has 2 aromatic rings. The number of aromatic amines is 1. The maximum Gasteiger partial charge on any atom is 0.0878 e. The lowest BCUT2D eigenvalue weighted by Gasteiger charge is -2.12. The van der Waals surface area contributed by atoms with Crippen LogP contribution in [0.25, 0.3) is 11.0 Å². The van der Waals surface area contributed by atoms with Gasteiger partial charge < -0.3 is 15.4 Å². The molecule has 74 valence electrons. The Hall–Kier alpha value is -1.39. The first-order valence-corrected chi connectivity index (χ1v) is 4.56. The zero-order chi connectivity index (χ0) is 9.97. The molecule has 4 nitrogen and oxygen atoms in total. The number of pyridine rings is 1. The third-order valence-electron chi connectivity index (χ3n) is 2.35. The molecule has 0 aliphatic carbocycles. The lowest BCUT2D eigenvalue weighted by atomic mass is 10.1. The molecule has 2 heterocycles. The molecule has 4 heteroatoms. The third-order valence-corrected chi connectivity index (χ3v) is 2.35. The van der Waals surface area contributed by atoms with Crippen LogP contribution in [-0.2, 0) is 0 Å². The first-order chi connectivity index (χ1) is 6.85. The van der Waals surface area contributed by atoms with Crippen molar-refractivity contribution >= 4 is 11.0 Å². The van der Waals surface area contributed by atoms with Crippen molar-refractivity contribution in [3.05, 3.63) is 30.1 Å². The number of aliphatic hydroxyl groups is 1. The number of H-pyrrole nitrogens is 1. The first-order valence-electron chi connectivity index (χ1n) is 4.56. The Balaban J connectivity index is 2.42. The van der Waals surface area contributed by atoms with Gasteiger partial charge in [0.15, 0.2) is 0 Å². The first kappa shape index (κ1) is 9.18. The highest BCUT2D eigenvalue weighted by Gasteiger charge is 2.08. The average molecular weight is 191 g/mol. The zero-order valence-electron chi connectivity index (χ0n) is 7.99. The Morgan fingerprint density at radius 3 is 3.21 bits per heavy atom. The number of rotatable bonds is 3. The van der Waals surface area contributed by atoms with Crippen LogP contribution in [0.5, 0.6) is 0 Å². The van der Waals surface area contributed by atoms with E-state index in [2.05, 4.69) is 15.3 Å². The molecule has 0 fully saturated rings. The van der Waals surface area contributed by atoms with Crippen molar-refractivity contribution in [1.82, 2.24) is 15.3 Å². The second kappa shape index (κ2) is 3.77. The van der Waals surface area contributed by atoms with E-state index in [-0.39, 0.29) is 12.6 Å². The Morgan fingerprint density at radius 2 is 2.50 bits per heavy atom. The van der Waals surface area contributed by atoms with Crippen molar-refractivity contribution in [2.45, 2.75) is 6.04 Å². The molecule has 0 aliphatic heterocycles. The molecule has 3 N–H and O–H groups in total. The van der Waals surface area contributed by atoms with Gasteiger partial charge in [0.1, 0.15) is 0 Å². The van der Waals surface area contributed by atoms with E-state index in [0.29, 0.717) is 0 Å². The van der Waals surface area contributed by atoms with E-state index in [1.54, 1.807) is 6.20 Å². The van der Waals surface area contributed by atoms with Gasteiger partial charge in [0.25, 0.3) is 0 Å². The summed E-state index contributed by atoms with van der Waals surface area (Å²) in [5.41, 5.74) is 2.93. The summed E-state index contributed by atoms with van der Waals surface area (Å²) in [5.74, 6) is 0. The van der Waals surface area contributed by atoms with Gasteiger partial charge >= 0.3 is 0 Å². The Bertz CT molecular complexity index is 420. The van der Waals surface area contributed by atoms with Crippen LogP contribution in [-0.4, -0.2) is 28.7 Å². The number of hydrogen-bond acceptors (Lipinski definition) is 3. The lowest BCUT2D eigenvalue weighted by molar-refractivity contribution is 0.251. The maximum absolute atomic E-state index is 9.10. The summed E-state index contributed by atoms with van der Waals surface area (Å²) in [5, 5.41) is 12.1. The number of nitrogens with zero attached hydrogens (tertiary/aromatic N) is 1. The summed E-state index contributed by atoms with van der Waals surface area (Å²) in [6, 6.07) is 3.88. The van der Waals surface area contributed by atoms with Crippen LogP contribution >= 0.6 is 0 Å². The minimum Gasteiger partial charge on any atom is -0.394 e. The summed E-state index contributed by atoms with van der Waals surface area (Å²) in [6.07, 6.45) is 3.64. The van der Waals surface area contributed by atoms with Crippen LogP contribution in [0.15, 0.2) is 24.5 Å². The molecule has 0 saturated carbocycles. The topological polar surface area (TPSA) is 60.9 Å². The largest absolute Gasteiger partial charge is 0.394 e. The maximum atomic E-state index is 9.10. The van der Waals surface area contributed by atoms with Gasteiger partial charge in [0.2, 0.25) is 0 Å². The van der Waals surface area contributed by atoms with E-state index in [9.17, 15) is 0 Å². The Morgan fingerprint density at radius 1 is 1.64 bits per heavy atom. The summed E-state index contributed by atoms with van der Waals surface area (Å²) in [6.45, 7) is 0.0738. The molecule has 0 aromatic carbocycles. The van der Waals surface area contributed by atoms with Crippen molar-refractivity contribution in [1.29, 1.82) is 0 Å². The third kappa shape index (κ3) is 1.49. The highest BCUT2D eigenvalue weighted by atomic mass is 16.3. The fourth-order valence-corrected chi connectivity index (χ4v) is 1.50. The second-order valence-electron chi connectivity index (χ2n) is 3.20. The molecule has 2 rings (SSSR count). The van der Waals surface area contributed by atoms with Gasteiger partial charge in [0, 0.05) is 12.4 Å². The van der Waals surface area contributed by atoms with Crippen molar-refractivity contribution in [3.8, 4) is 0 Å². The Labute approximate surface area is 82.0 Å². The van der Waals surface area contributed by atoms with E-state index in [0.717, 1.165) is 16.6 Å². The van der Waals surface area contributed by atoms with Gasteiger partial charge in [-0.2, -0.15) is 0 Å². The van der Waals surface area contributed by atoms with Crippen LogP contribution in [0.4, 0.5) is 0 Å². The molecule has 1 atom stereocenters. The normalized spacial score (nSPS) is 13.3. The fourth-order valence-electron chi connectivity index (χ4n) is 1.50. The predicted octanol–water partition coefficient (Wildman–Crippen LogP) is 0.816. The van der Waals surface area contributed by atoms with Gasteiger partial charge in [-0.25, -0.2) is 0 Å². The Kier molecular flexibility index (Phi) is 2.47. The van der Waals surface area contributed by atoms with Crippen LogP contribution in [0.2, 0.25) is 0 Å². The zero-order valence-corrected chi connectivity index (χ0v) is 7.99. The van der Waals surface area contributed by atoms with Crippen LogP contribution < -0.4 is 5.32 Å². The van der Waals surface area contributed by atoms with Crippen LogP contribution in [0.3, 0.4) is 0 Å². The number of fused-ring (bicyclic) bond motifs is 1. The number of aromatic nitrogens is 2. The van der Waals surface area contributed by atoms with Crippen molar-refractivity contribution in [2.75, 3.05) is 13.7 Å². The van der Waals surface area contributed by atoms with Crippen molar-refractivity contribution in [3.63, 3.8) is 0 Å². The van der Waals surface area contributed by atoms with Crippen molar-refractivity contribution in [2.24, 2.45) is 0 Å². The summed E-state index contributed by atoms with van der Waals surface area (Å²) in [4.78, 5) is 7.37. The summed E-state index contributed by atoms with van der Waals surface area (Å²) >= 11 is 0. The second-order valence-corrected chi connectivity index (χ2v) is 3.20. The van der Waals surface area contributed by atoms with E-state index in [4.69, 9.17) is 5.11 Å². The smallest absolute Gasteiger partial charge is 0.0878 e. The SMILES string of the molecule is CN[C@H](CO)c1cnc2cc[nH]c2c1. The number of aliphatic hydroxyl groups excluding tert-OH is 1. The van der Waals surface area contributed by atoms with E-state index in [1.807, 2.05) is 25.4 Å². The molecule has 0 spiro atoms. The minimum absolute atomic E-state index is 0.0461. The summed E-state index contributed by atoms with van der Waals surface area (Å²) < 4.78 is 0. The molecule has 14 heavy (non-hydrogen) atoms. The van der Waals surface area contributed by atoms with Crippen LogP contribution in [0, 0.1) is 0 Å². The number of hydrogen-bond donors (Lipinski definition) is 3. The molecular formula is C10H13N3O. The fraction of sp³-hybridized carbons (Fsp3) is 0.300. The number of nitrogens with one attached hydrogen (secondary N) is 2. The molecule has 0 unspecified atom stereocenters. The van der Waals surface area contributed by atoms with E-state index in [1.165, 1.54) is 0 Å². The molecular weight excluding hydrogens is 178 g/mol. The standard InChI is InChI=1S/C10H13N3O/c1-11-10(6-14)7-4-9-8(13-5-7)2-3-12-9/h2-5,10-12,14H,6H2,1H3/t10-/m1/s1. The molecule has 0 aliphatic rings. The lowest BCUT2D eigenvalue weighted by Crippen LogP contribution is -2.19. The monoisotopic (exact) mass is 191 g/mol. The van der Waals surface area contributed by atoms with Crippen molar-refractivity contribution < 1.29 is 5.11 Å². The average Bonchev–Trinajstić information content (AvgIpc) is 2.66. The highest BCUT2D eigenvalue weighted by molar-refractivity contribution is 5.75. The molecule has 0 radical (unpaired) electrons. The van der Waals surface area contributed by atoms with Gasteiger partial charge in [-0.1, -0.05) is 0 Å². The summed E-state index contributed by atoms with van der Waals surface area (Å²) in [7, 11) is 1.82. The van der Waals surface area contributed by atoms with Gasteiger partial charge in [-0.15, -0.1) is 0 Å². The molecule has 2 aromatic heterocycles. The molecule has 0 amide bonds. The highest BCUT2D eigenvalue weighted by Crippen LogP contribution is 2.16. The molecule has 0 saturated heterocycles.